The van der Waals surface area contributed by atoms with E-state index in [1.54, 1.807) is 13.0 Å². The molecule has 1 aliphatic rings. The smallest absolute Gasteiger partial charge is 0.249 e. The zero-order valence-corrected chi connectivity index (χ0v) is 12.3. The lowest BCUT2D eigenvalue weighted by atomic mass is 9.84. The molecule has 6 heteroatoms. The zero-order chi connectivity index (χ0) is 15.6. The van der Waals surface area contributed by atoms with Crippen LogP contribution < -0.4 is 10.5 Å². The van der Waals surface area contributed by atoms with Crippen molar-refractivity contribution in [3.8, 4) is 5.88 Å². The molecule has 1 heterocycles. The molecule has 0 spiro atoms. The van der Waals surface area contributed by atoms with Gasteiger partial charge in [0.15, 0.2) is 0 Å². The summed E-state index contributed by atoms with van der Waals surface area (Å²) in [5, 5.41) is 0. The number of ether oxygens (including phenoxy) is 1. The van der Waals surface area contributed by atoms with E-state index >= 15 is 0 Å². The molecule has 2 rings (SSSR count). The maximum Gasteiger partial charge on any atom is 0.249 e. The minimum Gasteiger partial charge on any atom is -0.478 e. The van der Waals surface area contributed by atoms with Crippen LogP contribution in [0.3, 0.4) is 0 Å². The number of aromatic nitrogens is 1. The number of halogens is 2. The van der Waals surface area contributed by atoms with Gasteiger partial charge < -0.3 is 10.5 Å². The lowest BCUT2D eigenvalue weighted by molar-refractivity contribution is -0.0385. The SMILES string of the molecule is CCOc1nc(C2CCC(F)(F)CC2)cc(C(N)=O)c1C. The molecule has 1 aromatic rings. The van der Waals surface area contributed by atoms with Crippen LogP contribution >= 0.6 is 0 Å². The Morgan fingerprint density at radius 1 is 1.48 bits per heavy atom. The van der Waals surface area contributed by atoms with Crippen LogP contribution in [0.5, 0.6) is 5.88 Å². The lowest BCUT2D eigenvalue weighted by Crippen LogP contribution is -2.24. The molecule has 1 saturated carbocycles. The fourth-order valence-electron chi connectivity index (χ4n) is 2.68. The Morgan fingerprint density at radius 2 is 2.10 bits per heavy atom. The van der Waals surface area contributed by atoms with Gasteiger partial charge >= 0.3 is 0 Å². The standard InChI is InChI=1S/C15H20F2N2O2/c1-3-21-14-9(2)11(13(18)20)8-12(19-14)10-4-6-15(16,17)7-5-10/h8,10H,3-7H2,1-2H3,(H2,18,20). The summed E-state index contributed by atoms with van der Waals surface area (Å²) in [5.74, 6) is -2.86. The molecule has 0 radical (unpaired) electrons. The van der Waals surface area contributed by atoms with Gasteiger partial charge in [-0.05, 0) is 32.8 Å². The molecule has 0 saturated heterocycles. The van der Waals surface area contributed by atoms with E-state index in [-0.39, 0.29) is 18.8 Å². The van der Waals surface area contributed by atoms with E-state index in [4.69, 9.17) is 10.5 Å². The maximum atomic E-state index is 13.2. The molecule has 0 bridgehead atoms. The molecule has 0 aromatic carbocycles. The fourth-order valence-corrected chi connectivity index (χ4v) is 2.68. The Bertz CT molecular complexity index is 537. The van der Waals surface area contributed by atoms with E-state index in [2.05, 4.69) is 4.98 Å². The molecule has 1 aromatic heterocycles. The second-order valence-electron chi connectivity index (χ2n) is 5.45. The van der Waals surface area contributed by atoms with E-state index in [9.17, 15) is 13.6 Å². The molecule has 116 valence electrons. The highest BCUT2D eigenvalue weighted by Gasteiger charge is 2.36. The highest BCUT2D eigenvalue weighted by Crippen LogP contribution is 2.41. The van der Waals surface area contributed by atoms with Gasteiger partial charge in [-0.3, -0.25) is 4.79 Å². The number of hydrogen-bond acceptors (Lipinski definition) is 3. The number of nitrogens with two attached hydrogens (primary N) is 1. The molecule has 1 aliphatic carbocycles. The van der Waals surface area contributed by atoms with Crippen molar-refractivity contribution in [1.82, 2.24) is 4.98 Å². The number of nitrogens with zero attached hydrogens (tertiary/aromatic N) is 1. The third-order valence-electron chi connectivity index (χ3n) is 3.93. The van der Waals surface area contributed by atoms with Crippen molar-refractivity contribution >= 4 is 5.91 Å². The minimum atomic E-state index is -2.59. The molecular weight excluding hydrogens is 278 g/mol. The largest absolute Gasteiger partial charge is 0.478 e. The van der Waals surface area contributed by atoms with Crippen LogP contribution in [0.2, 0.25) is 0 Å². The molecule has 2 N–H and O–H groups in total. The summed E-state index contributed by atoms with van der Waals surface area (Å²) >= 11 is 0. The quantitative estimate of drug-likeness (QED) is 0.928. The van der Waals surface area contributed by atoms with E-state index < -0.39 is 11.8 Å². The second kappa shape index (κ2) is 5.95. The van der Waals surface area contributed by atoms with E-state index in [1.165, 1.54) is 0 Å². The number of hydrogen-bond donors (Lipinski definition) is 1. The zero-order valence-electron chi connectivity index (χ0n) is 12.3. The van der Waals surface area contributed by atoms with Gasteiger partial charge in [0.1, 0.15) is 0 Å². The predicted molar refractivity (Wildman–Crippen MR) is 74.8 cm³/mol. The molecule has 0 aliphatic heterocycles. The van der Waals surface area contributed by atoms with Crippen LogP contribution in [-0.4, -0.2) is 23.4 Å². The number of primary amides is 1. The third kappa shape index (κ3) is 3.49. The van der Waals surface area contributed by atoms with E-state index in [1.807, 2.05) is 6.92 Å². The highest BCUT2D eigenvalue weighted by molar-refractivity contribution is 5.94. The Kier molecular flexibility index (Phi) is 4.44. The van der Waals surface area contributed by atoms with Gasteiger partial charge in [-0.2, -0.15) is 0 Å². The molecule has 4 nitrogen and oxygen atoms in total. The first-order chi connectivity index (χ1) is 9.84. The van der Waals surface area contributed by atoms with Crippen LogP contribution in [0, 0.1) is 6.92 Å². The summed E-state index contributed by atoms with van der Waals surface area (Å²) in [5.41, 5.74) is 6.94. The summed E-state index contributed by atoms with van der Waals surface area (Å²) in [6.07, 6.45) is 0.409. The van der Waals surface area contributed by atoms with Gasteiger partial charge in [-0.25, -0.2) is 13.8 Å². The Morgan fingerprint density at radius 3 is 2.62 bits per heavy atom. The Hall–Kier alpha value is -1.72. The van der Waals surface area contributed by atoms with E-state index in [0.29, 0.717) is 42.1 Å². The summed E-state index contributed by atoms with van der Waals surface area (Å²) < 4.78 is 31.9. The molecule has 21 heavy (non-hydrogen) atoms. The van der Waals surface area contributed by atoms with Crippen LogP contribution in [-0.2, 0) is 0 Å². The average molecular weight is 298 g/mol. The molecule has 1 fully saturated rings. The Labute approximate surface area is 122 Å². The lowest BCUT2D eigenvalue weighted by Gasteiger charge is -2.28. The summed E-state index contributed by atoms with van der Waals surface area (Å²) in [6, 6.07) is 1.62. The molecule has 0 unspecified atom stereocenters. The second-order valence-corrected chi connectivity index (χ2v) is 5.45. The number of rotatable bonds is 4. The van der Waals surface area contributed by atoms with Gasteiger partial charge in [0.2, 0.25) is 17.7 Å². The van der Waals surface area contributed by atoms with Crippen molar-refractivity contribution in [2.24, 2.45) is 5.73 Å². The monoisotopic (exact) mass is 298 g/mol. The van der Waals surface area contributed by atoms with Crippen molar-refractivity contribution in [3.63, 3.8) is 0 Å². The van der Waals surface area contributed by atoms with Crippen molar-refractivity contribution < 1.29 is 18.3 Å². The molecular formula is C15H20F2N2O2. The number of amides is 1. The topological polar surface area (TPSA) is 65.2 Å². The van der Waals surface area contributed by atoms with Crippen molar-refractivity contribution in [2.45, 2.75) is 51.4 Å². The average Bonchev–Trinajstić information content (AvgIpc) is 2.41. The first kappa shape index (κ1) is 15.7. The van der Waals surface area contributed by atoms with Crippen molar-refractivity contribution in [3.05, 3.63) is 22.9 Å². The number of alkyl halides is 2. The normalized spacial score (nSPS) is 18.5. The molecule has 1 amide bonds. The minimum absolute atomic E-state index is 0.0810. The van der Waals surface area contributed by atoms with Crippen molar-refractivity contribution in [2.75, 3.05) is 6.61 Å². The van der Waals surface area contributed by atoms with Crippen LogP contribution in [0.15, 0.2) is 6.07 Å². The first-order valence-corrected chi connectivity index (χ1v) is 7.16. The first-order valence-electron chi connectivity index (χ1n) is 7.16. The van der Waals surface area contributed by atoms with Gasteiger partial charge in [-0.1, -0.05) is 0 Å². The summed E-state index contributed by atoms with van der Waals surface area (Å²) in [6.45, 7) is 3.95. The van der Waals surface area contributed by atoms with Crippen LogP contribution in [0.4, 0.5) is 8.78 Å². The van der Waals surface area contributed by atoms with Gasteiger partial charge in [0.25, 0.3) is 0 Å². The van der Waals surface area contributed by atoms with Crippen LogP contribution in [0.25, 0.3) is 0 Å². The van der Waals surface area contributed by atoms with Gasteiger partial charge in [0, 0.05) is 35.6 Å². The number of carbonyl (C=O) groups excluding carboxylic acids is 1. The van der Waals surface area contributed by atoms with Gasteiger partial charge in [0.05, 0.1) is 6.61 Å². The number of pyridine rings is 1. The fraction of sp³-hybridized carbons (Fsp3) is 0.600. The van der Waals surface area contributed by atoms with Crippen LogP contribution in [0.1, 0.15) is 60.1 Å². The van der Waals surface area contributed by atoms with E-state index in [0.717, 1.165) is 0 Å². The summed E-state index contributed by atoms with van der Waals surface area (Å²) in [4.78, 5) is 15.9. The predicted octanol–water partition coefficient (Wildman–Crippen LogP) is 3.18. The van der Waals surface area contributed by atoms with Gasteiger partial charge in [-0.15, -0.1) is 0 Å². The Balaban J connectivity index is 2.33. The van der Waals surface area contributed by atoms with Crippen molar-refractivity contribution in [1.29, 1.82) is 0 Å². The third-order valence-corrected chi connectivity index (χ3v) is 3.93. The summed E-state index contributed by atoms with van der Waals surface area (Å²) in [7, 11) is 0. The maximum absolute atomic E-state index is 13.2. The highest BCUT2D eigenvalue weighted by atomic mass is 19.3. The number of carbonyl (C=O) groups is 1. The molecule has 0 atom stereocenters.